The standard InChI is InChI=1S/C12H19NO5/c1-4-6-7-8-12(3,11(16)17)13-9(14)10(15)18-5-2/h4H,1,5-8H2,2-3H3,(H,13,14)(H,16,17). The van der Waals surface area contributed by atoms with E-state index in [0.717, 1.165) is 0 Å². The summed E-state index contributed by atoms with van der Waals surface area (Å²) in [4.78, 5) is 33.7. The molecule has 18 heavy (non-hydrogen) atoms. The van der Waals surface area contributed by atoms with Gasteiger partial charge in [0.2, 0.25) is 0 Å². The van der Waals surface area contributed by atoms with Crippen LogP contribution in [0.5, 0.6) is 0 Å². The first kappa shape index (κ1) is 16.1. The minimum Gasteiger partial charge on any atom is -0.480 e. The smallest absolute Gasteiger partial charge is 0.396 e. The second kappa shape index (κ2) is 7.47. The zero-order valence-electron chi connectivity index (χ0n) is 10.7. The minimum atomic E-state index is -1.48. The predicted molar refractivity (Wildman–Crippen MR) is 64.9 cm³/mol. The second-order valence-electron chi connectivity index (χ2n) is 3.99. The molecule has 1 amide bonds. The molecule has 0 aromatic carbocycles. The van der Waals surface area contributed by atoms with E-state index in [1.165, 1.54) is 6.92 Å². The van der Waals surface area contributed by atoms with Crippen molar-refractivity contribution in [1.29, 1.82) is 0 Å². The number of nitrogens with one attached hydrogen (secondary N) is 1. The van der Waals surface area contributed by atoms with Crippen LogP contribution in [0.2, 0.25) is 0 Å². The molecular weight excluding hydrogens is 238 g/mol. The fourth-order valence-electron chi connectivity index (χ4n) is 1.32. The van der Waals surface area contributed by atoms with Gasteiger partial charge in [0, 0.05) is 0 Å². The Morgan fingerprint density at radius 2 is 2.06 bits per heavy atom. The molecule has 1 atom stereocenters. The molecule has 0 aromatic rings. The van der Waals surface area contributed by atoms with Crippen LogP contribution in [0.1, 0.15) is 33.1 Å². The average molecular weight is 257 g/mol. The van der Waals surface area contributed by atoms with Crippen molar-refractivity contribution in [3.63, 3.8) is 0 Å². The van der Waals surface area contributed by atoms with Crippen molar-refractivity contribution < 1.29 is 24.2 Å². The summed E-state index contributed by atoms with van der Waals surface area (Å²) >= 11 is 0. The zero-order valence-corrected chi connectivity index (χ0v) is 10.7. The summed E-state index contributed by atoms with van der Waals surface area (Å²) < 4.78 is 4.49. The highest BCUT2D eigenvalue weighted by atomic mass is 16.5. The summed E-state index contributed by atoms with van der Waals surface area (Å²) in [6.07, 6.45) is 3.06. The van der Waals surface area contributed by atoms with Gasteiger partial charge in [0.15, 0.2) is 0 Å². The summed E-state index contributed by atoms with van der Waals surface area (Å²) in [6, 6.07) is 0. The van der Waals surface area contributed by atoms with Gasteiger partial charge in [-0.2, -0.15) is 0 Å². The van der Waals surface area contributed by atoms with Crippen molar-refractivity contribution >= 4 is 17.8 Å². The molecule has 0 rings (SSSR count). The Bertz CT molecular complexity index is 339. The lowest BCUT2D eigenvalue weighted by Gasteiger charge is -2.25. The van der Waals surface area contributed by atoms with Crippen molar-refractivity contribution in [2.75, 3.05) is 6.61 Å². The molecule has 6 nitrogen and oxygen atoms in total. The van der Waals surface area contributed by atoms with Crippen molar-refractivity contribution in [2.45, 2.75) is 38.6 Å². The molecule has 1 unspecified atom stereocenters. The van der Waals surface area contributed by atoms with Crippen LogP contribution in [-0.2, 0) is 19.1 Å². The van der Waals surface area contributed by atoms with Crippen molar-refractivity contribution in [3.05, 3.63) is 12.7 Å². The Balaban J connectivity index is 4.60. The van der Waals surface area contributed by atoms with E-state index >= 15 is 0 Å². The Hall–Kier alpha value is -1.85. The number of unbranched alkanes of at least 4 members (excludes halogenated alkanes) is 1. The van der Waals surface area contributed by atoms with E-state index in [9.17, 15) is 14.4 Å². The third kappa shape index (κ3) is 4.99. The Labute approximate surface area is 106 Å². The Morgan fingerprint density at radius 1 is 1.44 bits per heavy atom. The van der Waals surface area contributed by atoms with Crippen LogP contribution < -0.4 is 5.32 Å². The van der Waals surface area contributed by atoms with Crippen molar-refractivity contribution in [1.82, 2.24) is 5.32 Å². The lowest BCUT2D eigenvalue weighted by Crippen LogP contribution is -2.54. The van der Waals surface area contributed by atoms with E-state index in [-0.39, 0.29) is 13.0 Å². The second-order valence-corrected chi connectivity index (χ2v) is 3.99. The first-order chi connectivity index (χ1) is 8.37. The summed E-state index contributed by atoms with van der Waals surface area (Å²) in [6.45, 7) is 6.51. The molecule has 0 bridgehead atoms. The largest absolute Gasteiger partial charge is 0.480 e. The molecule has 0 aliphatic rings. The van der Waals surface area contributed by atoms with Gasteiger partial charge in [-0.15, -0.1) is 6.58 Å². The highest BCUT2D eigenvalue weighted by Gasteiger charge is 2.36. The molecule has 2 N–H and O–H groups in total. The molecule has 102 valence electrons. The van der Waals surface area contributed by atoms with Crippen molar-refractivity contribution in [3.8, 4) is 0 Å². The van der Waals surface area contributed by atoms with E-state index in [2.05, 4.69) is 16.6 Å². The number of carbonyl (C=O) groups is 3. The van der Waals surface area contributed by atoms with E-state index in [1.54, 1.807) is 13.0 Å². The quantitative estimate of drug-likeness (QED) is 0.305. The van der Waals surface area contributed by atoms with E-state index in [4.69, 9.17) is 5.11 Å². The topological polar surface area (TPSA) is 92.7 Å². The summed E-state index contributed by atoms with van der Waals surface area (Å²) in [5, 5.41) is 11.3. The predicted octanol–water partition coefficient (Wildman–Crippen LogP) is 0.865. The number of rotatable bonds is 7. The van der Waals surface area contributed by atoms with E-state index in [0.29, 0.717) is 12.8 Å². The van der Waals surface area contributed by atoms with Crippen LogP contribution in [0.25, 0.3) is 0 Å². The number of carboxylic acids is 1. The molecule has 0 aliphatic heterocycles. The van der Waals surface area contributed by atoms with Gasteiger partial charge in [-0.25, -0.2) is 9.59 Å². The number of aliphatic carboxylic acids is 1. The van der Waals surface area contributed by atoms with Crippen LogP contribution in [-0.4, -0.2) is 35.1 Å². The summed E-state index contributed by atoms with van der Waals surface area (Å²) in [5.41, 5.74) is -1.48. The van der Waals surface area contributed by atoms with Crippen molar-refractivity contribution in [2.24, 2.45) is 0 Å². The molecule has 0 heterocycles. The van der Waals surface area contributed by atoms with Crippen LogP contribution in [0.15, 0.2) is 12.7 Å². The van der Waals surface area contributed by atoms with Gasteiger partial charge < -0.3 is 15.2 Å². The molecule has 0 saturated carbocycles. The number of hydrogen-bond acceptors (Lipinski definition) is 4. The van der Waals surface area contributed by atoms with Gasteiger partial charge in [-0.05, 0) is 33.1 Å². The van der Waals surface area contributed by atoms with Gasteiger partial charge in [-0.3, -0.25) is 4.79 Å². The number of allylic oxidation sites excluding steroid dienone is 1. The molecule has 0 radical (unpaired) electrons. The molecule has 0 fully saturated rings. The van der Waals surface area contributed by atoms with Crippen LogP contribution in [0.3, 0.4) is 0 Å². The van der Waals surface area contributed by atoms with Gasteiger partial charge in [0.1, 0.15) is 5.54 Å². The Morgan fingerprint density at radius 3 is 2.50 bits per heavy atom. The maximum atomic E-state index is 11.4. The number of ether oxygens (including phenoxy) is 1. The number of esters is 1. The number of hydrogen-bond donors (Lipinski definition) is 2. The van der Waals surface area contributed by atoms with Crippen LogP contribution >= 0.6 is 0 Å². The van der Waals surface area contributed by atoms with E-state index in [1.807, 2.05) is 0 Å². The highest BCUT2D eigenvalue weighted by molar-refractivity contribution is 6.33. The third-order valence-electron chi connectivity index (χ3n) is 2.41. The Kier molecular flexibility index (Phi) is 6.70. The zero-order chi connectivity index (χ0) is 14.2. The minimum absolute atomic E-state index is 0.0620. The van der Waals surface area contributed by atoms with Gasteiger partial charge in [0.25, 0.3) is 0 Å². The molecule has 0 saturated heterocycles. The third-order valence-corrected chi connectivity index (χ3v) is 2.41. The normalized spacial score (nSPS) is 13.2. The molecule has 6 heteroatoms. The monoisotopic (exact) mass is 257 g/mol. The fourth-order valence-corrected chi connectivity index (χ4v) is 1.32. The number of amides is 1. The molecule has 0 spiro atoms. The SMILES string of the molecule is C=CCCCC(C)(NC(=O)C(=O)OCC)C(=O)O. The average Bonchev–Trinajstić information content (AvgIpc) is 2.29. The maximum Gasteiger partial charge on any atom is 0.396 e. The maximum absolute atomic E-state index is 11.4. The van der Waals surface area contributed by atoms with Gasteiger partial charge in [0.05, 0.1) is 6.61 Å². The molecule has 0 aromatic heterocycles. The summed E-state index contributed by atoms with van der Waals surface area (Å²) in [7, 11) is 0. The van der Waals surface area contributed by atoms with Gasteiger partial charge >= 0.3 is 17.8 Å². The fraction of sp³-hybridized carbons (Fsp3) is 0.583. The highest BCUT2D eigenvalue weighted by Crippen LogP contribution is 2.14. The van der Waals surface area contributed by atoms with E-state index < -0.39 is 23.4 Å². The van der Waals surface area contributed by atoms with Gasteiger partial charge in [-0.1, -0.05) is 6.08 Å². The lowest BCUT2D eigenvalue weighted by molar-refractivity contribution is -0.157. The van der Waals surface area contributed by atoms with Crippen LogP contribution in [0, 0.1) is 0 Å². The molecular formula is C12H19NO5. The van der Waals surface area contributed by atoms with Crippen LogP contribution in [0.4, 0.5) is 0 Å². The first-order valence-electron chi connectivity index (χ1n) is 5.71. The lowest BCUT2D eigenvalue weighted by atomic mass is 9.95. The number of carboxylic acid groups (broad SMARTS) is 1. The first-order valence-corrected chi connectivity index (χ1v) is 5.71. The molecule has 0 aliphatic carbocycles. The summed E-state index contributed by atoms with van der Waals surface area (Å²) in [5.74, 6) is -3.31. The number of carbonyl (C=O) groups excluding carboxylic acids is 2.